The smallest absolute Gasteiger partial charge is 0.326 e. The third kappa shape index (κ3) is 3.01. The number of carbonyl (C=O) groups is 1. The molecule has 0 fully saturated rings. The lowest BCUT2D eigenvalue weighted by Crippen LogP contribution is -2.43. The number of halogens is 1. The fourth-order valence-electron chi connectivity index (χ4n) is 1.89. The molecule has 0 spiro atoms. The van der Waals surface area contributed by atoms with Crippen LogP contribution in [0.15, 0.2) is 23.0 Å². The first-order valence-electron chi connectivity index (χ1n) is 5.95. The van der Waals surface area contributed by atoms with Crippen LogP contribution in [-0.2, 0) is 11.3 Å². The van der Waals surface area contributed by atoms with Crippen molar-refractivity contribution >= 4 is 16.9 Å². The zero-order chi connectivity index (χ0) is 14.2. The minimum atomic E-state index is -0.431. The summed E-state index contributed by atoms with van der Waals surface area (Å²) in [5.41, 5.74) is 0.104. The summed E-state index contributed by atoms with van der Waals surface area (Å²) in [6.07, 6.45) is 0. The molecular weight excluding hydrogens is 249 g/mol. The zero-order valence-corrected chi connectivity index (χ0v) is 11.1. The molecule has 1 aromatic carbocycles. The number of benzene rings is 1. The number of amides is 1. The molecule has 2 aromatic rings. The van der Waals surface area contributed by atoms with Gasteiger partial charge in [0.25, 0.3) is 0 Å². The largest absolute Gasteiger partial charge is 0.350 e. The number of aromatic nitrogens is 2. The van der Waals surface area contributed by atoms with E-state index in [0.717, 1.165) is 0 Å². The van der Waals surface area contributed by atoms with Gasteiger partial charge in [-0.15, -0.1) is 0 Å². The van der Waals surface area contributed by atoms with Crippen molar-refractivity contribution in [2.75, 3.05) is 0 Å². The Kier molecular flexibility index (Phi) is 3.18. The van der Waals surface area contributed by atoms with Crippen molar-refractivity contribution in [2.45, 2.75) is 32.9 Å². The summed E-state index contributed by atoms with van der Waals surface area (Å²) in [5, 5.41) is 2.77. The van der Waals surface area contributed by atoms with E-state index in [1.54, 1.807) is 0 Å². The Bertz CT molecular complexity index is 679. The van der Waals surface area contributed by atoms with Crippen molar-refractivity contribution in [3.63, 3.8) is 0 Å². The second kappa shape index (κ2) is 4.53. The van der Waals surface area contributed by atoms with Crippen molar-refractivity contribution in [3.8, 4) is 0 Å². The lowest BCUT2D eigenvalue weighted by Gasteiger charge is -2.20. The fourth-order valence-corrected chi connectivity index (χ4v) is 1.89. The minimum Gasteiger partial charge on any atom is -0.350 e. The van der Waals surface area contributed by atoms with Crippen LogP contribution in [-0.4, -0.2) is 21.0 Å². The second-order valence-electron chi connectivity index (χ2n) is 5.48. The summed E-state index contributed by atoms with van der Waals surface area (Å²) < 4.78 is 14.3. The minimum absolute atomic E-state index is 0.0955. The van der Waals surface area contributed by atoms with E-state index < -0.39 is 11.5 Å². The molecule has 1 aromatic heterocycles. The van der Waals surface area contributed by atoms with E-state index >= 15 is 0 Å². The third-order valence-electron chi connectivity index (χ3n) is 2.55. The number of carbonyl (C=O) groups excluding carboxylic acids is 1. The molecule has 2 N–H and O–H groups in total. The molecule has 19 heavy (non-hydrogen) atoms. The number of hydrogen-bond acceptors (Lipinski definition) is 2. The summed E-state index contributed by atoms with van der Waals surface area (Å²) in [6, 6.07) is 3.97. The number of hydrogen-bond donors (Lipinski definition) is 2. The van der Waals surface area contributed by atoms with Crippen LogP contribution in [0.5, 0.6) is 0 Å². The maximum absolute atomic E-state index is 13.1. The first-order valence-corrected chi connectivity index (χ1v) is 5.95. The number of fused-ring (bicyclic) bond motifs is 1. The topological polar surface area (TPSA) is 66.9 Å². The van der Waals surface area contributed by atoms with Gasteiger partial charge in [-0.1, -0.05) is 0 Å². The Morgan fingerprint density at radius 2 is 2.11 bits per heavy atom. The summed E-state index contributed by atoms with van der Waals surface area (Å²) in [6.45, 7) is 5.48. The number of rotatable bonds is 2. The van der Waals surface area contributed by atoms with Gasteiger partial charge in [0.15, 0.2) is 0 Å². The van der Waals surface area contributed by atoms with Crippen molar-refractivity contribution in [3.05, 3.63) is 34.5 Å². The number of nitrogens with one attached hydrogen (secondary N) is 2. The van der Waals surface area contributed by atoms with E-state index in [0.29, 0.717) is 11.0 Å². The molecule has 2 rings (SSSR count). The Morgan fingerprint density at radius 1 is 1.42 bits per heavy atom. The molecule has 0 bridgehead atoms. The molecule has 1 amide bonds. The Morgan fingerprint density at radius 3 is 2.74 bits per heavy atom. The molecule has 0 atom stereocenters. The molecule has 0 aliphatic carbocycles. The van der Waals surface area contributed by atoms with Crippen LogP contribution in [0.25, 0.3) is 11.0 Å². The number of H-pyrrole nitrogens is 1. The normalized spacial score (nSPS) is 11.8. The monoisotopic (exact) mass is 265 g/mol. The maximum Gasteiger partial charge on any atom is 0.326 e. The SMILES string of the molecule is CC(C)(C)NC(=O)Cn1c(=O)[nH]c2cc(F)ccc21. The molecule has 1 heterocycles. The van der Waals surface area contributed by atoms with Gasteiger partial charge >= 0.3 is 5.69 Å². The average molecular weight is 265 g/mol. The zero-order valence-electron chi connectivity index (χ0n) is 11.1. The predicted octanol–water partition coefficient (Wildman–Crippen LogP) is 1.38. The van der Waals surface area contributed by atoms with Crippen LogP contribution in [0.4, 0.5) is 4.39 Å². The van der Waals surface area contributed by atoms with Crippen LogP contribution in [0, 0.1) is 5.82 Å². The van der Waals surface area contributed by atoms with Crippen molar-refractivity contribution in [1.82, 2.24) is 14.9 Å². The van der Waals surface area contributed by atoms with Crippen LogP contribution in [0.1, 0.15) is 20.8 Å². The highest BCUT2D eigenvalue weighted by molar-refractivity contribution is 5.80. The molecule has 0 aliphatic rings. The van der Waals surface area contributed by atoms with E-state index in [4.69, 9.17) is 0 Å². The van der Waals surface area contributed by atoms with Gasteiger partial charge < -0.3 is 10.3 Å². The van der Waals surface area contributed by atoms with Crippen LogP contribution in [0.2, 0.25) is 0 Å². The van der Waals surface area contributed by atoms with Gasteiger partial charge in [0, 0.05) is 5.54 Å². The Balaban J connectivity index is 2.33. The summed E-state index contributed by atoms with van der Waals surface area (Å²) in [7, 11) is 0. The molecule has 6 heteroatoms. The Labute approximate surface area is 109 Å². The maximum atomic E-state index is 13.1. The fraction of sp³-hybridized carbons (Fsp3) is 0.385. The van der Waals surface area contributed by atoms with Gasteiger partial charge in [-0.3, -0.25) is 9.36 Å². The number of nitrogens with zero attached hydrogens (tertiary/aromatic N) is 1. The number of aromatic amines is 1. The van der Waals surface area contributed by atoms with E-state index in [1.807, 2.05) is 20.8 Å². The van der Waals surface area contributed by atoms with Gasteiger partial charge in [-0.25, -0.2) is 9.18 Å². The second-order valence-corrected chi connectivity index (χ2v) is 5.48. The van der Waals surface area contributed by atoms with E-state index in [9.17, 15) is 14.0 Å². The standard InChI is InChI=1S/C13H16FN3O2/c1-13(2,3)16-11(18)7-17-10-5-4-8(14)6-9(10)15-12(17)19/h4-6H,7H2,1-3H3,(H,15,19)(H,16,18). The highest BCUT2D eigenvalue weighted by Crippen LogP contribution is 2.11. The summed E-state index contributed by atoms with van der Waals surface area (Å²) >= 11 is 0. The highest BCUT2D eigenvalue weighted by Gasteiger charge is 2.16. The number of imidazole rings is 1. The van der Waals surface area contributed by atoms with Crippen molar-refractivity contribution in [2.24, 2.45) is 0 Å². The van der Waals surface area contributed by atoms with Crippen molar-refractivity contribution in [1.29, 1.82) is 0 Å². The molecule has 0 saturated heterocycles. The van der Waals surface area contributed by atoms with E-state index in [1.165, 1.54) is 22.8 Å². The lowest BCUT2D eigenvalue weighted by molar-refractivity contribution is -0.123. The van der Waals surface area contributed by atoms with Gasteiger partial charge in [0.2, 0.25) is 5.91 Å². The predicted molar refractivity (Wildman–Crippen MR) is 70.4 cm³/mol. The molecular formula is C13H16FN3O2. The Hall–Kier alpha value is -2.11. The average Bonchev–Trinajstić information content (AvgIpc) is 2.51. The molecule has 0 aliphatic heterocycles. The quantitative estimate of drug-likeness (QED) is 0.861. The van der Waals surface area contributed by atoms with Gasteiger partial charge in [-0.2, -0.15) is 0 Å². The van der Waals surface area contributed by atoms with Crippen molar-refractivity contribution < 1.29 is 9.18 Å². The first kappa shape index (κ1) is 13.3. The van der Waals surface area contributed by atoms with E-state index in [2.05, 4.69) is 10.3 Å². The van der Waals surface area contributed by atoms with Gasteiger partial charge in [-0.05, 0) is 39.0 Å². The third-order valence-corrected chi connectivity index (χ3v) is 2.55. The van der Waals surface area contributed by atoms with Gasteiger partial charge in [0.1, 0.15) is 12.4 Å². The molecule has 0 radical (unpaired) electrons. The van der Waals surface area contributed by atoms with Gasteiger partial charge in [0.05, 0.1) is 11.0 Å². The lowest BCUT2D eigenvalue weighted by atomic mass is 10.1. The van der Waals surface area contributed by atoms with E-state index in [-0.39, 0.29) is 18.0 Å². The molecule has 5 nitrogen and oxygen atoms in total. The van der Waals surface area contributed by atoms with Crippen LogP contribution < -0.4 is 11.0 Å². The van der Waals surface area contributed by atoms with Crippen LogP contribution >= 0.6 is 0 Å². The molecule has 102 valence electrons. The first-order chi connectivity index (χ1) is 8.76. The molecule has 0 saturated carbocycles. The summed E-state index contributed by atoms with van der Waals surface area (Å²) in [4.78, 5) is 26.1. The molecule has 0 unspecified atom stereocenters. The van der Waals surface area contributed by atoms with Crippen LogP contribution in [0.3, 0.4) is 0 Å². The highest BCUT2D eigenvalue weighted by atomic mass is 19.1. The summed E-state index contributed by atoms with van der Waals surface area (Å²) in [5.74, 6) is -0.695.